The van der Waals surface area contributed by atoms with Crippen molar-refractivity contribution in [3.05, 3.63) is 71.4 Å². The van der Waals surface area contributed by atoms with Crippen LogP contribution < -0.4 is 5.32 Å². The van der Waals surface area contributed by atoms with Crippen LogP contribution in [-0.2, 0) is 13.1 Å². The molecule has 0 spiro atoms. The molecule has 0 fully saturated rings. The molecule has 1 aromatic heterocycles. The molecule has 3 aromatic rings. The van der Waals surface area contributed by atoms with Crippen LogP contribution in [0.25, 0.3) is 11.3 Å². The van der Waals surface area contributed by atoms with Gasteiger partial charge in [0.15, 0.2) is 0 Å². The van der Waals surface area contributed by atoms with Gasteiger partial charge >= 0.3 is 0 Å². The zero-order valence-electron chi connectivity index (χ0n) is 15.1. The zero-order chi connectivity index (χ0) is 17.5. The maximum Gasteiger partial charge on any atom is 0.117 e. The van der Waals surface area contributed by atoms with Gasteiger partial charge in [-0.3, -0.25) is 0 Å². The predicted octanol–water partition coefficient (Wildman–Crippen LogP) is 4.19. The van der Waals surface area contributed by atoms with E-state index in [1.165, 1.54) is 24.0 Å². The Balaban J connectivity index is 1.83. The Morgan fingerprint density at radius 1 is 1.00 bits per heavy atom. The van der Waals surface area contributed by atoms with Crippen LogP contribution in [0, 0.1) is 6.92 Å². The first-order valence-corrected chi connectivity index (χ1v) is 9.02. The topological polar surface area (TPSA) is 42.7 Å². The summed E-state index contributed by atoms with van der Waals surface area (Å²) in [5.41, 5.74) is 5.58. The van der Waals surface area contributed by atoms with Crippen molar-refractivity contribution in [1.82, 2.24) is 20.3 Å². The first kappa shape index (κ1) is 17.4. The van der Waals surface area contributed by atoms with Gasteiger partial charge in [-0.1, -0.05) is 73.5 Å². The fraction of sp³-hybridized carbons (Fsp3) is 0.333. The second-order valence-electron chi connectivity index (χ2n) is 6.41. The van der Waals surface area contributed by atoms with Gasteiger partial charge in [0.2, 0.25) is 0 Å². The van der Waals surface area contributed by atoms with Crippen LogP contribution in [0.4, 0.5) is 0 Å². The molecule has 0 atom stereocenters. The van der Waals surface area contributed by atoms with E-state index in [4.69, 9.17) is 10.2 Å². The lowest BCUT2D eigenvalue weighted by molar-refractivity contribution is 0.572. The van der Waals surface area contributed by atoms with E-state index in [2.05, 4.69) is 55.6 Å². The molecule has 0 bridgehead atoms. The summed E-state index contributed by atoms with van der Waals surface area (Å²) in [6.07, 6.45) is 2.37. The average molecular weight is 334 g/mol. The Hall–Kier alpha value is -2.46. The van der Waals surface area contributed by atoms with E-state index in [-0.39, 0.29) is 0 Å². The maximum absolute atomic E-state index is 4.77. The Bertz CT molecular complexity index is 793. The van der Waals surface area contributed by atoms with E-state index in [0.717, 1.165) is 30.0 Å². The van der Waals surface area contributed by atoms with Gasteiger partial charge in [-0.2, -0.15) is 15.0 Å². The monoisotopic (exact) mass is 334 g/mol. The zero-order valence-corrected chi connectivity index (χ0v) is 15.1. The van der Waals surface area contributed by atoms with Crippen molar-refractivity contribution in [3.8, 4) is 11.3 Å². The second kappa shape index (κ2) is 8.58. The van der Waals surface area contributed by atoms with Crippen LogP contribution in [0.5, 0.6) is 0 Å². The smallest absolute Gasteiger partial charge is 0.117 e. The standard InChI is InChI=1S/C21H26N4/c1-3-4-13-22-15-20-21(19-11-6-5-7-12-19)24-25(23-20)16-18-10-8-9-17(2)14-18/h5-12,14,22H,3-4,13,15-16H2,1-2H3. The van der Waals surface area contributed by atoms with Gasteiger partial charge in [0.05, 0.1) is 6.54 Å². The van der Waals surface area contributed by atoms with Gasteiger partial charge in [-0.25, -0.2) is 0 Å². The quantitative estimate of drug-likeness (QED) is 0.628. The van der Waals surface area contributed by atoms with Crippen LogP contribution in [-0.4, -0.2) is 21.5 Å². The Morgan fingerprint density at radius 3 is 2.60 bits per heavy atom. The number of hydrogen-bond donors (Lipinski definition) is 1. The fourth-order valence-corrected chi connectivity index (χ4v) is 2.87. The van der Waals surface area contributed by atoms with E-state index >= 15 is 0 Å². The highest BCUT2D eigenvalue weighted by atomic mass is 15.5. The largest absolute Gasteiger partial charge is 0.311 e. The third kappa shape index (κ3) is 4.77. The van der Waals surface area contributed by atoms with Crippen LogP contribution >= 0.6 is 0 Å². The molecule has 2 aromatic carbocycles. The molecule has 0 saturated carbocycles. The lowest BCUT2D eigenvalue weighted by atomic mass is 10.1. The van der Waals surface area contributed by atoms with Crippen LogP contribution in [0.2, 0.25) is 0 Å². The predicted molar refractivity (Wildman–Crippen MR) is 102 cm³/mol. The summed E-state index contributed by atoms with van der Waals surface area (Å²) < 4.78 is 0. The van der Waals surface area contributed by atoms with Crippen molar-refractivity contribution in [2.45, 2.75) is 39.8 Å². The fourth-order valence-electron chi connectivity index (χ4n) is 2.87. The third-order valence-corrected chi connectivity index (χ3v) is 4.18. The molecule has 130 valence electrons. The number of aryl methyl sites for hydroxylation is 1. The molecule has 4 heteroatoms. The molecule has 1 heterocycles. The Labute approximate surface area is 149 Å². The maximum atomic E-state index is 4.77. The lowest BCUT2D eigenvalue weighted by Crippen LogP contribution is -2.15. The van der Waals surface area contributed by atoms with Crippen molar-refractivity contribution >= 4 is 0 Å². The van der Waals surface area contributed by atoms with Gasteiger partial charge in [0.25, 0.3) is 0 Å². The summed E-state index contributed by atoms with van der Waals surface area (Å²) in [4.78, 5) is 1.81. The molecule has 0 aliphatic rings. The summed E-state index contributed by atoms with van der Waals surface area (Å²) in [6, 6.07) is 18.8. The molecular formula is C21H26N4. The number of aromatic nitrogens is 3. The molecule has 1 N–H and O–H groups in total. The first-order valence-electron chi connectivity index (χ1n) is 9.02. The summed E-state index contributed by atoms with van der Waals surface area (Å²) in [5.74, 6) is 0. The third-order valence-electron chi connectivity index (χ3n) is 4.18. The van der Waals surface area contributed by atoms with Crippen LogP contribution in [0.1, 0.15) is 36.6 Å². The molecule has 0 unspecified atom stereocenters. The van der Waals surface area contributed by atoms with Gasteiger partial charge in [-0.05, 0) is 25.5 Å². The van der Waals surface area contributed by atoms with Crippen molar-refractivity contribution in [1.29, 1.82) is 0 Å². The summed E-state index contributed by atoms with van der Waals surface area (Å²) in [7, 11) is 0. The minimum atomic E-state index is 0.691. The number of unbranched alkanes of at least 4 members (excludes halogenated alkanes) is 1. The molecule has 0 saturated heterocycles. The summed E-state index contributed by atoms with van der Waals surface area (Å²) >= 11 is 0. The van der Waals surface area contributed by atoms with Gasteiger partial charge < -0.3 is 5.32 Å². The molecular weight excluding hydrogens is 308 g/mol. The van der Waals surface area contributed by atoms with E-state index in [1.54, 1.807) is 0 Å². The normalized spacial score (nSPS) is 11.0. The van der Waals surface area contributed by atoms with Crippen molar-refractivity contribution in [2.75, 3.05) is 6.54 Å². The van der Waals surface area contributed by atoms with Crippen molar-refractivity contribution < 1.29 is 0 Å². The number of nitrogens with one attached hydrogen (secondary N) is 1. The van der Waals surface area contributed by atoms with E-state index in [9.17, 15) is 0 Å². The minimum Gasteiger partial charge on any atom is -0.311 e. The van der Waals surface area contributed by atoms with Crippen molar-refractivity contribution in [2.24, 2.45) is 0 Å². The highest BCUT2D eigenvalue weighted by Gasteiger charge is 2.13. The molecule has 0 aliphatic carbocycles. The highest BCUT2D eigenvalue weighted by Crippen LogP contribution is 2.20. The SMILES string of the molecule is CCCCNCc1nn(Cc2cccc(C)c2)nc1-c1ccccc1. The second-order valence-corrected chi connectivity index (χ2v) is 6.41. The number of rotatable bonds is 8. The van der Waals surface area contributed by atoms with Crippen LogP contribution in [0.15, 0.2) is 54.6 Å². The molecule has 3 rings (SSSR count). The number of nitrogens with zero attached hydrogens (tertiary/aromatic N) is 3. The van der Waals surface area contributed by atoms with E-state index in [0.29, 0.717) is 6.54 Å². The van der Waals surface area contributed by atoms with Gasteiger partial charge in [0.1, 0.15) is 11.4 Å². The van der Waals surface area contributed by atoms with Gasteiger partial charge in [0, 0.05) is 12.1 Å². The number of hydrogen-bond acceptors (Lipinski definition) is 3. The van der Waals surface area contributed by atoms with Crippen LogP contribution in [0.3, 0.4) is 0 Å². The van der Waals surface area contributed by atoms with Gasteiger partial charge in [-0.15, -0.1) is 0 Å². The van der Waals surface area contributed by atoms with Crippen molar-refractivity contribution in [3.63, 3.8) is 0 Å². The summed E-state index contributed by atoms with van der Waals surface area (Å²) in [5, 5.41) is 13.0. The lowest BCUT2D eigenvalue weighted by Gasteiger charge is -2.03. The number of benzene rings is 2. The Morgan fingerprint density at radius 2 is 1.84 bits per heavy atom. The highest BCUT2D eigenvalue weighted by molar-refractivity contribution is 5.60. The first-order chi connectivity index (χ1) is 12.3. The molecule has 4 nitrogen and oxygen atoms in total. The summed E-state index contributed by atoms with van der Waals surface area (Å²) in [6.45, 7) is 6.76. The van der Waals surface area contributed by atoms with E-state index in [1.807, 2.05) is 23.0 Å². The van der Waals surface area contributed by atoms with E-state index < -0.39 is 0 Å². The molecule has 25 heavy (non-hydrogen) atoms. The molecule has 0 radical (unpaired) electrons. The Kier molecular flexibility index (Phi) is 5.96. The molecule has 0 aliphatic heterocycles. The average Bonchev–Trinajstić information content (AvgIpc) is 3.02. The molecule has 0 amide bonds. The minimum absolute atomic E-state index is 0.691.